The summed E-state index contributed by atoms with van der Waals surface area (Å²) in [6.07, 6.45) is 1.59. The number of carbonyl (C=O) groups is 1. The highest BCUT2D eigenvalue weighted by molar-refractivity contribution is 5.98. The fourth-order valence-electron chi connectivity index (χ4n) is 3.51. The van der Waals surface area contributed by atoms with Crippen LogP contribution >= 0.6 is 0 Å². The highest BCUT2D eigenvalue weighted by Gasteiger charge is 2.16. The number of hydrogen-bond donors (Lipinski definition) is 3. The molecule has 0 bridgehead atoms. The summed E-state index contributed by atoms with van der Waals surface area (Å²) in [5, 5.41) is 19.4. The van der Waals surface area contributed by atoms with Gasteiger partial charge in [-0.3, -0.25) is 9.89 Å². The Morgan fingerprint density at radius 3 is 2.62 bits per heavy atom. The number of rotatable bonds is 5. The lowest BCUT2D eigenvalue weighted by atomic mass is 10.1. The predicted octanol–water partition coefficient (Wildman–Crippen LogP) is 2.46. The highest BCUT2D eigenvalue weighted by atomic mass is 16.3. The first-order chi connectivity index (χ1) is 14.1. The van der Waals surface area contributed by atoms with Gasteiger partial charge in [0, 0.05) is 44.0 Å². The van der Waals surface area contributed by atoms with Crippen LogP contribution in [-0.2, 0) is 6.54 Å². The third-order valence-corrected chi connectivity index (χ3v) is 5.28. The molecule has 1 saturated heterocycles. The summed E-state index contributed by atoms with van der Waals surface area (Å²) in [7, 11) is 2.15. The fraction of sp³-hybridized carbons (Fsp3) is 0.273. The van der Waals surface area contributed by atoms with Crippen molar-refractivity contribution in [1.29, 1.82) is 0 Å². The Balaban J connectivity index is 1.39. The number of nitrogens with zero attached hydrogens (tertiary/aromatic N) is 3. The Morgan fingerprint density at radius 2 is 1.90 bits per heavy atom. The normalized spacial score (nSPS) is 14.7. The van der Waals surface area contributed by atoms with Crippen molar-refractivity contribution in [2.45, 2.75) is 6.54 Å². The van der Waals surface area contributed by atoms with Crippen LogP contribution in [0.15, 0.2) is 54.7 Å². The molecular formula is C22H25N5O2. The van der Waals surface area contributed by atoms with E-state index in [4.69, 9.17) is 0 Å². The van der Waals surface area contributed by atoms with Crippen LogP contribution in [0.2, 0.25) is 0 Å². The Bertz CT molecular complexity index is 975. The van der Waals surface area contributed by atoms with E-state index in [0.29, 0.717) is 17.8 Å². The highest BCUT2D eigenvalue weighted by Crippen LogP contribution is 2.25. The molecule has 150 valence electrons. The number of carbonyl (C=O) groups excluding carboxylic acids is 1. The summed E-state index contributed by atoms with van der Waals surface area (Å²) in [4.78, 5) is 17.4. The zero-order chi connectivity index (χ0) is 20.2. The van der Waals surface area contributed by atoms with Gasteiger partial charge >= 0.3 is 0 Å². The van der Waals surface area contributed by atoms with E-state index in [2.05, 4.69) is 56.6 Å². The monoisotopic (exact) mass is 391 g/mol. The van der Waals surface area contributed by atoms with Gasteiger partial charge in [-0.05, 0) is 42.4 Å². The molecule has 29 heavy (non-hydrogen) atoms. The Morgan fingerprint density at radius 1 is 1.14 bits per heavy atom. The largest absolute Gasteiger partial charge is 0.508 e. The van der Waals surface area contributed by atoms with Crippen molar-refractivity contribution < 1.29 is 9.90 Å². The molecule has 7 nitrogen and oxygen atoms in total. The molecule has 2 heterocycles. The van der Waals surface area contributed by atoms with E-state index in [9.17, 15) is 9.90 Å². The number of hydrogen-bond acceptors (Lipinski definition) is 5. The number of likely N-dealkylation sites (N-methyl/N-ethyl adjacent to an activating group) is 1. The van der Waals surface area contributed by atoms with Crippen LogP contribution in [-0.4, -0.2) is 59.3 Å². The molecule has 1 aromatic heterocycles. The topological polar surface area (TPSA) is 84.5 Å². The van der Waals surface area contributed by atoms with E-state index in [0.717, 1.165) is 37.3 Å². The van der Waals surface area contributed by atoms with E-state index in [1.54, 1.807) is 24.4 Å². The zero-order valence-corrected chi connectivity index (χ0v) is 16.4. The van der Waals surface area contributed by atoms with E-state index in [1.807, 2.05) is 6.07 Å². The summed E-state index contributed by atoms with van der Waals surface area (Å²) in [6, 6.07) is 15.1. The van der Waals surface area contributed by atoms with Gasteiger partial charge in [-0.1, -0.05) is 24.3 Å². The Kier molecular flexibility index (Phi) is 5.48. The van der Waals surface area contributed by atoms with E-state index in [-0.39, 0.29) is 11.7 Å². The van der Waals surface area contributed by atoms with Crippen molar-refractivity contribution in [3.05, 3.63) is 66.0 Å². The van der Waals surface area contributed by atoms with Crippen LogP contribution in [0.3, 0.4) is 0 Å². The molecule has 7 heteroatoms. The number of aromatic hydroxyl groups is 1. The number of phenolic OH excluding ortho intramolecular Hbond substituents is 1. The third-order valence-electron chi connectivity index (χ3n) is 5.28. The Labute approximate surface area is 170 Å². The molecule has 0 unspecified atom stereocenters. The first-order valence-corrected chi connectivity index (χ1v) is 9.73. The standard InChI is InChI=1S/C22H25N5O2/c1-26-9-11-27(12-10-26)18-7-5-16(6-8-18)14-23-22(29)21-20(15-24-25-21)17-3-2-4-19(28)13-17/h2-8,13,15,28H,9-12,14H2,1H3,(H,23,29)(H,24,25). The van der Waals surface area contributed by atoms with Crippen molar-refractivity contribution in [2.24, 2.45) is 0 Å². The van der Waals surface area contributed by atoms with Crippen molar-refractivity contribution in [1.82, 2.24) is 20.4 Å². The molecule has 0 spiro atoms. The van der Waals surface area contributed by atoms with Gasteiger partial charge in [0.1, 0.15) is 11.4 Å². The van der Waals surface area contributed by atoms with Gasteiger partial charge < -0.3 is 20.2 Å². The molecule has 0 atom stereocenters. The van der Waals surface area contributed by atoms with E-state index in [1.165, 1.54) is 5.69 Å². The van der Waals surface area contributed by atoms with Gasteiger partial charge in [0.05, 0.1) is 6.20 Å². The van der Waals surface area contributed by atoms with Gasteiger partial charge in [0.25, 0.3) is 5.91 Å². The summed E-state index contributed by atoms with van der Waals surface area (Å²) in [6.45, 7) is 4.64. The molecule has 0 radical (unpaired) electrons. The lowest BCUT2D eigenvalue weighted by Gasteiger charge is -2.34. The molecule has 1 aliphatic heterocycles. The molecule has 0 saturated carbocycles. The maximum absolute atomic E-state index is 12.6. The second-order valence-electron chi connectivity index (χ2n) is 7.35. The Hall–Kier alpha value is -3.32. The van der Waals surface area contributed by atoms with Gasteiger partial charge in [-0.15, -0.1) is 0 Å². The van der Waals surface area contributed by atoms with Crippen LogP contribution < -0.4 is 10.2 Å². The molecule has 0 aliphatic carbocycles. The quantitative estimate of drug-likeness (QED) is 0.622. The molecule has 4 rings (SSSR count). The number of piperazine rings is 1. The molecule has 3 aromatic rings. The molecule has 1 aliphatic rings. The predicted molar refractivity (Wildman–Crippen MR) is 113 cm³/mol. The minimum absolute atomic E-state index is 0.149. The second-order valence-corrected chi connectivity index (χ2v) is 7.35. The summed E-state index contributed by atoms with van der Waals surface area (Å²) in [5.41, 5.74) is 4.02. The maximum atomic E-state index is 12.6. The zero-order valence-electron chi connectivity index (χ0n) is 16.4. The third kappa shape index (κ3) is 4.41. The van der Waals surface area contributed by atoms with Crippen LogP contribution in [0.25, 0.3) is 11.1 Å². The summed E-state index contributed by atoms with van der Waals surface area (Å²) in [5.74, 6) is -0.0838. The fourth-order valence-corrected chi connectivity index (χ4v) is 3.51. The first kappa shape index (κ1) is 19.0. The van der Waals surface area contributed by atoms with Crippen molar-refractivity contribution >= 4 is 11.6 Å². The molecule has 2 aromatic carbocycles. The second kappa shape index (κ2) is 8.36. The van der Waals surface area contributed by atoms with Crippen molar-refractivity contribution in [3.8, 4) is 16.9 Å². The van der Waals surface area contributed by atoms with Gasteiger partial charge in [0.2, 0.25) is 0 Å². The van der Waals surface area contributed by atoms with Crippen molar-refractivity contribution in [2.75, 3.05) is 38.1 Å². The van der Waals surface area contributed by atoms with E-state index >= 15 is 0 Å². The number of aromatic amines is 1. The number of benzene rings is 2. The average molecular weight is 391 g/mol. The molecular weight excluding hydrogens is 366 g/mol. The van der Waals surface area contributed by atoms with Crippen LogP contribution in [0.5, 0.6) is 5.75 Å². The average Bonchev–Trinajstić information content (AvgIpc) is 3.23. The smallest absolute Gasteiger partial charge is 0.270 e. The van der Waals surface area contributed by atoms with Gasteiger partial charge in [-0.2, -0.15) is 5.10 Å². The maximum Gasteiger partial charge on any atom is 0.270 e. The summed E-state index contributed by atoms with van der Waals surface area (Å²) >= 11 is 0. The number of amides is 1. The number of anilines is 1. The summed E-state index contributed by atoms with van der Waals surface area (Å²) < 4.78 is 0. The van der Waals surface area contributed by atoms with Crippen LogP contribution in [0.4, 0.5) is 5.69 Å². The van der Waals surface area contributed by atoms with Gasteiger partial charge in [-0.25, -0.2) is 0 Å². The number of phenols is 1. The molecule has 1 amide bonds. The lowest BCUT2D eigenvalue weighted by Crippen LogP contribution is -2.44. The number of aromatic nitrogens is 2. The lowest BCUT2D eigenvalue weighted by molar-refractivity contribution is 0.0946. The SMILES string of the molecule is CN1CCN(c2ccc(CNC(=O)c3[nH]ncc3-c3cccc(O)c3)cc2)CC1. The van der Waals surface area contributed by atoms with E-state index < -0.39 is 0 Å². The van der Waals surface area contributed by atoms with Gasteiger partial charge in [0.15, 0.2) is 0 Å². The van der Waals surface area contributed by atoms with Crippen molar-refractivity contribution in [3.63, 3.8) is 0 Å². The number of nitrogens with one attached hydrogen (secondary N) is 2. The molecule has 1 fully saturated rings. The minimum Gasteiger partial charge on any atom is -0.508 e. The molecule has 3 N–H and O–H groups in total. The van der Waals surface area contributed by atoms with Crippen LogP contribution in [0, 0.1) is 0 Å². The van der Waals surface area contributed by atoms with Crippen LogP contribution in [0.1, 0.15) is 16.1 Å². The number of H-pyrrole nitrogens is 1. The minimum atomic E-state index is -0.232. The first-order valence-electron chi connectivity index (χ1n) is 9.73.